The average molecular weight is 238 g/mol. The van der Waals surface area contributed by atoms with Crippen molar-refractivity contribution in [2.45, 2.75) is 11.7 Å². The van der Waals surface area contributed by atoms with Crippen molar-refractivity contribution in [2.75, 3.05) is 0 Å². The Hall–Kier alpha value is -0.190. The van der Waals surface area contributed by atoms with Crippen LogP contribution in [0, 0.1) is 0 Å². The fourth-order valence-electron chi connectivity index (χ4n) is 0.479. The van der Waals surface area contributed by atoms with Crippen molar-refractivity contribution in [3.63, 3.8) is 0 Å². The van der Waals surface area contributed by atoms with Gasteiger partial charge in [-0.25, -0.2) is 0 Å². The van der Waals surface area contributed by atoms with Crippen molar-refractivity contribution in [1.29, 1.82) is 0 Å². The van der Waals surface area contributed by atoms with Crippen LogP contribution in [-0.4, -0.2) is 45.8 Å². The molecule has 1 unspecified atom stereocenters. The standard InChI is InChI=1S/C4H6O7S.Na.H2O/c5-3(6)1-2(4(7)8)12(9,10)11;;/h2H,1H2,(H,5,6)(H,7,8)(H,9,10,11);;1H2/q;+1;/p-1. The van der Waals surface area contributed by atoms with E-state index in [1.807, 2.05) is 0 Å². The van der Waals surface area contributed by atoms with Crippen molar-refractivity contribution >= 4 is 22.1 Å². The van der Waals surface area contributed by atoms with E-state index in [1.165, 1.54) is 0 Å². The SMILES string of the molecule is O=C(O)CC(C(=O)O)S(=O)(=O)O.[Na+].[OH-]. The van der Waals surface area contributed by atoms with E-state index >= 15 is 0 Å². The summed E-state index contributed by atoms with van der Waals surface area (Å²) in [4.78, 5) is 20.0. The molecule has 0 aromatic heterocycles. The molecule has 4 N–H and O–H groups in total. The molecule has 0 aliphatic heterocycles. The Morgan fingerprint density at radius 3 is 1.64 bits per heavy atom. The number of rotatable bonds is 4. The van der Waals surface area contributed by atoms with Crippen molar-refractivity contribution in [3.8, 4) is 0 Å². The molecule has 0 heterocycles. The van der Waals surface area contributed by atoms with Gasteiger partial charge in [-0.1, -0.05) is 0 Å². The molecule has 0 rings (SSSR count). The molecule has 10 heteroatoms. The average Bonchev–Trinajstić information content (AvgIpc) is 1.79. The molecule has 0 aromatic rings. The van der Waals surface area contributed by atoms with Crippen LogP contribution in [-0.2, 0) is 19.7 Å². The Balaban J connectivity index is -0.000000605. The number of hydrogen-bond acceptors (Lipinski definition) is 5. The van der Waals surface area contributed by atoms with Crippen LogP contribution in [0.5, 0.6) is 0 Å². The fraction of sp³-hybridized carbons (Fsp3) is 0.500. The normalized spacial score (nSPS) is 11.8. The van der Waals surface area contributed by atoms with Crippen molar-refractivity contribution < 1.29 is 67.8 Å². The maximum absolute atomic E-state index is 10.2. The summed E-state index contributed by atoms with van der Waals surface area (Å²) in [5.74, 6) is -3.50. The summed E-state index contributed by atoms with van der Waals surface area (Å²) in [5, 5.41) is 13.9. The van der Waals surface area contributed by atoms with Crippen LogP contribution < -0.4 is 29.6 Å². The minimum absolute atomic E-state index is 0. The third kappa shape index (κ3) is 7.24. The third-order valence-electron chi connectivity index (χ3n) is 0.995. The first-order valence-electron chi connectivity index (χ1n) is 2.66. The summed E-state index contributed by atoms with van der Waals surface area (Å²) in [5.41, 5.74) is 0. The molecule has 0 fully saturated rings. The first-order valence-corrected chi connectivity index (χ1v) is 4.16. The van der Waals surface area contributed by atoms with Crippen LogP contribution in [0.25, 0.3) is 0 Å². The summed E-state index contributed by atoms with van der Waals surface area (Å²) in [6.45, 7) is 0. The van der Waals surface area contributed by atoms with E-state index in [2.05, 4.69) is 0 Å². The monoisotopic (exact) mass is 238 g/mol. The largest absolute Gasteiger partial charge is 1.00 e. The number of carbonyl (C=O) groups is 2. The molecule has 0 bridgehead atoms. The topological polar surface area (TPSA) is 159 Å². The molecule has 0 saturated carbocycles. The minimum Gasteiger partial charge on any atom is -0.870 e. The van der Waals surface area contributed by atoms with Gasteiger partial charge in [-0.3, -0.25) is 14.1 Å². The Kier molecular flexibility index (Phi) is 9.90. The number of carboxylic acids is 2. The summed E-state index contributed by atoms with van der Waals surface area (Å²) >= 11 is 0. The van der Waals surface area contributed by atoms with Crippen LogP contribution in [0.3, 0.4) is 0 Å². The van der Waals surface area contributed by atoms with Crippen molar-refractivity contribution in [2.24, 2.45) is 0 Å². The maximum Gasteiger partial charge on any atom is 1.00 e. The predicted octanol–water partition coefficient (Wildman–Crippen LogP) is -4.37. The third-order valence-corrected chi connectivity index (χ3v) is 2.08. The van der Waals surface area contributed by atoms with Gasteiger partial charge < -0.3 is 15.7 Å². The number of aliphatic carboxylic acids is 2. The Labute approximate surface area is 101 Å². The van der Waals surface area contributed by atoms with E-state index < -0.39 is 33.7 Å². The first kappa shape index (κ1) is 19.4. The Morgan fingerprint density at radius 2 is 1.57 bits per heavy atom. The molecule has 0 aliphatic rings. The molecule has 0 aromatic carbocycles. The molecule has 0 radical (unpaired) electrons. The van der Waals surface area contributed by atoms with E-state index in [0.717, 1.165) is 0 Å². The molecule has 8 nitrogen and oxygen atoms in total. The van der Waals surface area contributed by atoms with Gasteiger partial charge in [0.2, 0.25) is 0 Å². The van der Waals surface area contributed by atoms with E-state index in [-0.39, 0.29) is 35.0 Å². The van der Waals surface area contributed by atoms with Crippen LogP contribution >= 0.6 is 0 Å². The Bertz CT molecular complexity index is 294. The van der Waals surface area contributed by atoms with Crippen LogP contribution in [0.1, 0.15) is 6.42 Å². The second-order valence-electron chi connectivity index (χ2n) is 1.94. The molecular formula is C4H7NaO8S. The molecule has 0 aliphatic carbocycles. The zero-order chi connectivity index (χ0) is 9.94. The van der Waals surface area contributed by atoms with Gasteiger partial charge in [0.1, 0.15) is 0 Å². The smallest absolute Gasteiger partial charge is 0.870 e. The molecule has 0 saturated heterocycles. The van der Waals surface area contributed by atoms with Crippen LogP contribution in [0.15, 0.2) is 0 Å². The molecule has 0 amide bonds. The van der Waals surface area contributed by atoms with Gasteiger partial charge in [0.15, 0.2) is 5.25 Å². The van der Waals surface area contributed by atoms with Gasteiger partial charge in [0.05, 0.1) is 6.42 Å². The van der Waals surface area contributed by atoms with Crippen molar-refractivity contribution in [1.82, 2.24) is 0 Å². The molecule has 0 spiro atoms. The van der Waals surface area contributed by atoms with E-state index in [1.54, 1.807) is 0 Å². The minimum atomic E-state index is -4.84. The summed E-state index contributed by atoms with van der Waals surface area (Å²) < 4.78 is 28.7. The molecular weight excluding hydrogens is 231 g/mol. The van der Waals surface area contributed by atoms with E-state index in [9.17, 15) is 18.0 Å². The second-order valence-corrected chi connectivity index (χ2v) is 3.54. The number of carboxylic acid groups (broad SMARTS) is 2. The van der Waals surface area contributed by atoms with E-state index in [4.69, 9.17) is 14.8 Å². The van der Waals surface area contributed by atoms with E-state index in [0.29, 0.717) is 0 Å². The Morgan fingerprint density at radius 1 is 1.21 bits per heavy atom. The van der Waals surface area contributed by atoms with Crippen LogP contribution in [0.2, 0.25) is 0 Å². The molecule has 14 heavy (non-hydrogen) atoms. The first-order chi connectivity index (χ1) is 5.25. The maximum atomic E-state index is 10.2. The van der Waals surface area contributed by atoms with Gasteiger partial charge in [-0.05, 0) is 0 Å². The predicted molar refractivity (Wildman–Crippen MR) is 37.2 cm³/mol. The quantitative estimate of drug-likeness (QED) is 0.327. The van der Waals surface area contributed by atoms with Crippen LogP contribution in [0.4, 0.5) is 0 Å². The van der Waals surface area contributed by atoms with Crippen molar-refractivity contribution in [3.05, 3.63) is 0 Å². The number of hydrogen-bond donors (Lipinski definition) is 3. The zero-order valence-corrected chi connectivity index (χ0v) is 9.93. The van der Waals surface area contributed by atoms with Gasteiger partial charge in [-0.2, -0.15) is 8.42 Å². The van der Waals surface area contributed by atoms with Gasteiger partial charge in [0, 0.05) is 0 Å². The zero-order valence-electron chi connectivity index (χ0n) is 7.11. The summed E-state index contributed by atoms with van der Waals surface area (Å²) in [7, 11) is -4.84. The summed E-state index contributed by atoms with van der Waals surface area (Å²) in [6.07, 6.45) is -1.16. The van der Waals surface area contributed by atoms with Gasteiger partial charge in [-0.15, -0.1) is 0 Å². The van der Waals surface area contributed by atoms with Gasteiger partial charge >= 0.3 is 41.5 Å². The molecule has 78 valence electrons. The molecule has 1 atom stereocenters. The fourth-order valence-corrected chi connectivity index (χ4v) is 1.09. The summed E-state index contributed by atoms with van der Waals surface area (Å²) in [6, 6.07) is 0. The second kappa shape index (κ2) is 7.15. The van der Waals surface area contributed by atoms with Gasteiger partial charge in [0.25, 0.3) is 10.1 Å².